The van der Waals surface area contributed by atoms with Gasteiger partial charge in [-0.25, -0.2) is 8.42 Å². The summed E-state index contributed by atoms with van der Waals surface area (Å²) in [5.41, 5.74) is 3.83. The second-order valence-electron chi connectivity index (χ2n) is 10.9. The van der Waals surface area contributed by atoms with Crippen LogP contribution in [0.15, 0.2) is 71.6 Å². The van der Waals surface area contributed by atoms with E-state index in [2.05, 4.69) is 5.32 Å². The molecular weight excluding hydrogens is 558 g/mol. The smallest absolute Gasteiger partial charge is 0.264 e. The van der Waals surface area contributed by atoms with E-state index in [9.17, 15) is 18.0 Å². The molecule has 3 aromatic carbocycles. The first-order valence-corrected chi connectivity index (χ1v) is 15.8. The van der Waals surface area contributed by atoms with Crippen LogP contribution in [0.3, 0.4) is 0 Å². The van der Waals surface area contributed by atoms with Crippen molar-refractivity contribution in [1.29, 1.82) is 0 Å². The molecule has 1 aliphatic rings. The van der Waals surface area contributed by atoms with E-state index >= 15 is 0 Å². The molecule has 0 aliphatic heterocycles. The number of benzene rings is 3. The Labute approximate surface area is 248 Å². The van der Waals surface area contributed by atoms with Crippen molar-refractivity contribution in [2.75, 3.05) is 10.8 Å². The Hall–Kier alpha value is -3.36. The first-order valence-electron chi connectivity index (χ1n) is 14.0. The number of aryl methyl sites for hydroxylation is 3. The highest BCUT2D eigenvalue weighted by molar-refractivity contribution is 7.92. The summed E-state index contributed by atoms with van der Waals surface area (Å²) < 4.78 is 29.2. The first kappa shape index (κ1) is 30.6. The number of nitrogens with one attached hydrogen (secondary N) is 1. The Bertz CT molecular complexity index is 1480. The second kappa shape index (κ2) is 13.1. The molecule has 3 aromatic rings. The van der Waals surface area contributed by atoms with E-state index in [0.717, 1.165) is 52.2 Å². The number of nitrogens with zero attached hydrogens (tertiary/aromatic N) is 2. The molecule has 0 spiro atoms. The third kappa shape index (κ3) is 7.49. The van der Waals surface area contributed by atoms with Gasteiger partial charge in [-0.1, -0.05) is 72.0 Å². The number of halogens is 1. The van der Waals surface area contributed by atoms with Crippen LogP contribution in [0.1, 0.15) is 54.9 Å². The molecule has 0 saturated heterocycles. The van der Waals surface area contributed by atoms with E-state index in [0.29, 0.717) is 10.7 Å². The fourth-order valence-corrected chi connectivity index (χ4v) is 6.80. The molecule has 1 N–H and O–H groups in total. The SMILES string of the molecule is Cc1ccc(S(=O)(=O)N(CC(=O)N(Cc2ccc(Cl)cc2)[C@@H](C)C(=O)NC2CCCC2)c2ccc(C)cc2C)cc1. The summed E-state index contributed by atoms with van der Waals surface area (Å²) in [5, 5.41) is 3.64. The maximum Gasteiger partial charge on any atom is 0.264 e. The highest BCUT2D eigenvalue weighted by atomic mass is 35.5. The van der Waals surface area contributed by atoms with E-state index < -0.39 is 28.5 Å². The minimum absolute atomic E-state index is 0.0889. The molecular formula is C32H38ClN3O4S. The monoisotopic (exact) mass is 595 g/mol. The fraction of sp³-hybridized carbons (Fsp3) is 0.375. The molecule has 9 heteroatoms. The van der Waals surface area contributed by atoms with Gasteiger partial charge in [0.1, 0.15) is 12.6 Å². The van der Waals surface area contributed by atoms with E-state index in [1.165, 1.54) is 4.90 Å². The molecule has 1 fully saturated rings. The number of rotatable bonds is 10. The fourth-order valence-electron chi connectivity index (χ4n) is 5.20. The average Bonchev–Trinajstić information content (AvgIpc) is 3.44. The zero-order valence-corrected chi connectivity index (χ0v) is 25.6. The van der Waals surface area contributed by atoms with Gasteiger partial charge in [0.15, 0.2) is 0 Å². The van der Waals surface area contributed by atoms with E-state index in [1.807, 2.05) is 32.9 Å². The number of hydrogen-bond donors (Lipinski definition) is 1. The lowest BCUT2D eigenvalue weighted by Gasteiger charge is -2.33. The normalized spacial score (nSPS) is 14.5. The summed E-state index contributed by atoms with van der Waals surface area (Å²) in [4.78, 5) is 29.0. The van der Waals surface area contributed by atoms with Gasteiger partial charge < -0.3 is 10.2 Å². The summed E-state index contributed by atoms with van der Waals surface area (Å²) in [6.07, 6.45) is 3.96. The molecule has 0 bridgehead atoms. The predicted molar refractivity (Wildman–Crippen MR) is 163 cm³/mol. The minimum Gasteiger partial charge on any atom is -0.352 e. The van der Waals surface area contributed by atoms with Crippen LogP contribution in [-0.4, -0.2) is 43.8 Å². The minimum atomic E-state index is -4.11. The molecule has 218 valence electrons. The molecule has 4 rings (SSSR count). The van der Waals surface area contributed by atoms with Crippen LogP contribution in [-0.2, 0) is 26.2 Å². The van der Waals surface area contributed by atoms with Crippen LogP contribution in [0.5, 0.6) is 0 Å². The van der Waals surface area contributed by atoms with Gasteiger partial charge in [0.25, 0.3) is 10.0 Å². The van der Waals surface area contributed by atoms with E-state index in [-0.39, 0.29) is 23.4 Å². The molecule has 0 aromatic heterocycles. The lowest BCUT2D eigenvalue weighted by atomic mass is 10.1. The van der Waals surface area contributed by atoms with Crippen molar-refractivity contribution in [3.05, 3.63) is 94.0 Å². The zero-order chi connectivity index (χ0) is 29.7. The second-order valence-corrected chi connectivity index (χ2v) is 13.2. The molecule has 7 nitrogen and oxygen atoms in total. The summed E-state index contributed by atoms with van der Waals surface area (Å²) >= 11 is 6.08. The lowest BCUT2D eigenvalue weighted by Crippen LogP contribution is -2.52. The Morgan fingerprint density at radius 1 is 0.927 bits per heavy atom. The Kier molecular flexibility index (Phi) is 9.76. The van der Waals surface area contributed by atoms with Crippen molar-refractivity contribution in [3.63, 3.8) is 0 Å². The van der Waals surface area contributed by atoms with Crippen molar-refractivity contribution in [2.24, 2.45) is 0 Å². The van der Waals surface area contributed by atoms with Crippen molar-refractivity contribution in [3.8, 4) is 0 Å². The van der Waals surface area contributed by atoms with Crippen LogP contribution < -0.4 is 9.62 Å². The lowest BCUT2D eigenvalue weighted by molar-refractivity contribution is -0.139. The van der Waals surface area contributed by atoms with E-state index in [4.69, 9.17) is 11.6 Å². The van der Waals surface area contributed by atoms with Crippen LogP contribution in [0, 0.1) is 20.8 Å². The molecule has 1 saturated carbocycles. The number of sulfonamides is 1. The maximum atomic E-state index is 14.1. The molecule has 2 amide bonds. The van der Waals surface area contributed by atoms with Gasteiger partial charge >= 0.3 is 0 Å². The number of amides is 2. The predicted octanol–water partition coefficient (Wildman–Crippen LogP) is 5.94. The van der Waals surface area contributed by atoms with Gasteiger partial charge in [-0.05, 0) is 82.0 Å². The van der Waals surface area contributed by atoms with Gasteiger partial charge in [-0.2, -0.15) is 0 Å². The van der Waals surface area contributed by atoms with Gasteiger partial charge in [0.05, 0.1) is 10.6 Å². The van der Waals surface area contributed by atoms with Crippen molar-refractivity contribution in [1.82, 2.24) is 10.2 Å². The number of carbonyl (C=O) groups excluding carboxylic acids is 2. The quantitative estimate of drug-likeness (QED) is 0.314. The summed E-state index contributed by atoms with van der Waals surface area (Å²) in [7, 11) is -4.11. The van der Waals surface area contributed by atoms with E-state index in [1.54, 1.807) is 61.5 Å². The van der Waals surface area contributed by atoms with Crippen LogP contribution in [0.2, 0.25) is 5.02 Å². The number of anilines is 1. The topological polar surface area (TPSA) is 86.8 Å². The van der Waals surface area contributed by atoms with Gasteiger partial charge in [-0.3, -0.25) is 13.9 Å². The number of hydrogen-bond acceptors (Lipinski definition) is 4. The van der Waals surface area contributed by atoms with Crippen molar-refractivity contribution < 1.29 is 18.0 Å². The highest BCUT2D eigenvalue weighted by Gasteiger charge is 2.33. The summed E-state index contributed by atoms with van der Waals surface area (Å²) in [6, 6.07) is 18.3. The van der Waals surface area contributed by atoms with Crippen molar-refractivity contribution >= 4 is 39.1 Å². The first-order chi connectivity index (χ1) is 19.5. The molecule has 41 heavy (non-hydrogen) atoms. The van der Waals surface area contributed by atoms with Crippen LogP contribution in [0.25, 0.3) is 0 Å². The molecule has 0 radical (unpaired) electrons. The zero-order valence-electron chi connectivity index (χ0n) is 24.1. The standard InChI is InChI=1S/C32H38ClN3O4S/c1-22-9-16-29(17-10-22)41(39,40)36(30-18-11-23(2)19-24(30)3)21-31(37)35(20-26-12-14-27(33)15-13-26)25(4)32(38)34-28-7-5-6-8-28/h9-19,25,28H,5-8,20-21H2,1-4H3,(H,34,38)/t25-/m0/s1. The van der Waals surface area contributed by atoms with Gasteiger partial charge in [0, 0.05) is 17.6 Å². The number of carbonyl (C=O) groups is 2. The van der Waals surface area contributed by atoms with Crippen molar-refractivity contribution in [2.45, 2.75) is 76.9 Å². The van der Waals surface area contributed by atoms with Gasteiger partial charge in [-0.15, -0.1) is 0 Å². The maximum absolute atomic E-state index is 14.1. The van der Waals surface area contributed by atoms with Crippen LogP contribution >= 0.6 is 11.6 Å². The summed E-state index contributed by atoms with van der Waals surface area (Å²) in [5.74, 6) is -0.733. The Balaban J connectivity index is 1.70. The molecule has 0 heterocycles. The van der Waals surface area contributed by atoms with Gasteiger partial charge in [0.2, 0.25) is 11.8 Å². The third-order valence-electron chi connectivity index (χ3n) is 7.64. The molecule has 0 unspecified atom stereocenters. The molecule has 1 atom stereocenters. The highest BCUT2D eigenvalue weighted by Crippen LogP contribution is 2.28. The Morgan fingerprint density at radius 3 is 2.15 bits per heavy atom. The third-order valence-corrected chi connectivity index (χ3v) is 9.67. The summed E-state index contributed by atoms with van der Waals surface area (Å²) in [6.45, 7) is 6.99. The average molecular weight is 596 g/mol. The van der Waals surface area contributed by atoms with Crippen LogP contribution in [0.4, 0.5) is 5.69 Å². The molecule has 1 aliphatic carbocycles. The Morgan fingerprint density at radius 2 is 1.54 bits per heavy atom. The largest absolute Gasteiger partial charge is 0.352 e.